The Labute approximate surface area is 121 Å². The highest BCUT2D eigenvalue weighted by molar-refractivity contribution is 9.10. The summed E-state index contributed by atoms with van der Waals surface area (Å²) in [5.74, 6) is 0.401. The Morgan fingerprint density at radius 1 is 1.17 bits per heavy atom. The number of para-hydroxylation sites is 1. The molecule has 1 aromatic carbocycles. The van der Waals surface area contributed by atoms with Crippen molar-refractivity contribution in [2.75, 3.05) is 5.32 Å². The summed E-state index contributed by atoms with van der Waals surface area (Å²) in [6.07, 6.45) is 3.03. The van der Waals surface area contributed by atoms with E-state index < -0.39 is 0 Å². The van der Waals surface area contributed by atoms with E-state index in [1.165, 1.54) is 6.08 Å². The minimum absolute atomic E-state index is 0.213. The number of rotatable bonds is 3. The van der Waals surface area contributed by atoms with Gasteiger partial charge < -0.3 is 9.73 Å². The second kappa shape index (κ2) is 6.02. The molecule has 1 heterocycles. The van der Waals surface area contributed by atoms with Crippen LogP contribution in [0.2, 0.25) is 0 Å². The summed E-state index contributed by atoms with van der Waals surface area (Å²) in [5.41, 5.74) is 0.729. The van der Waals surface area contributed by atoms with E-state index >= 15 is 0 Å². The van der Waals surface area contributed by atoms with E-state index in [1.54, 1.807) is 18.2 Å². The molecular formula is C13H9Br2NO2. The van der Waals surface area contributed by atoms with Gasteiger partial charge in [0, 0.05) is 10.5 Å². The lowest BCUT2D eigenvalue weighted by molar-refractivity contribution is -0.111. The molecule has 2 rings (SSSR count). The van der Waals surface area contributed by atoms with E-state index in [-0.39, 0.29) is 5.91 Å². The van der Waals surface area contributed by atoms with Crippen molar-refractivity contribution in [2.45, 2.75) is 0 Å². The largest absolute Gasteiger partial charge is 0.450 e. The lowest BCUT2D eigenvalue weighted by Gasteiger charge is -2.03. The molecule has 0 unspecified atom stereocenters. The van der Waals surface area contributed by atoms with Crippen LogP contribution in [0.3, 0.4) is 0 Å². The number of halogens is 2. The van der Waals surface area contributed by atoms with Crippen molar-refractivity contribution < 1.29 is 9.21 Å². The van der Waals surface area contributed by atoms with E-state index in [0.717, 1.165) is 10.2 Å². The Bertz CT molecular complexity index is 590. The molecule has 0 bridgehead atoms. The Morgan fingerprint density at radius 3 is 2.61 bits per heavy atom. The molecule has 1 aromatic heterocycles. The molecule has 0 saturated heterocycles. The zero-order valence-corrected chi connectivity index (χ0v) is 12.4. The summed E-state index contributed by atoms with van der Waals surface area (Å²) < 4.78 is 6.72. The fraction of sp³-hybridized carbons (Fsp3) is 0. The number of carbonyl (C=O) groups is 1. The van der Waals surface area contributed by atoms with Crippen LogP contribution in [0, 0.1) is 0 Å². The highest BCUT2D eigenvalue weighted by Crippen LogP contribution is 2.21. The summed E-state index contributed by atoms with van der Waals surface area (Å²) in [4.78, 5) is 11.7. The average Bonchev–Trinajstić information content (AvgIpc) is 2.76. The molecule has 1 N–H and O–H groups in total. The van der Waals surface area contributed by atoms with Gasteiger partial charge in [0.1, 0.15) is 5.76 Å². The maximum atomic E-state index is 11.7. The van der Waals surface area contributed by atoms with Gasteiger partial charge in [-0.3, -0.25) is 4.79 Å². The van der Waals surface area contributed by atoms with Crippen LogP contribution < -0.4 is 5.32 Å². The first-order valence-electron chi connectivity index (χ1n) is 5.14. The Balaban J connectivity index is 2.01. The summed E-state index contributed by atoms with van der Waals surface area (Å²) in [6.45, 7) is 0. The van der Waals surface area contributed by atoms with Gasteiger partial charge >= 0.3 is 0 Å². The molecule has 0 spiro atoms. The maximum absolute atomic E-state index is 11.7. The molecule has 0 aliphatic rings. The summed E-state index contributed by atoms with van der Waals surface area (Å²) in [7, 11) is 0. The van der Waals surface area contributed by atoms with E-state index in [0.29, 0.717) is 10.4 Å². The number of carbonyl (C=O) groups excluding carboxylic acids is 1. The molecule has 0 radical (unpaired) electrons. The van der Waals surface area contributed by atoms with E-state index in [4.69, 9.17) is 4.42 Å². The van der Waals surface area contributed by atoms with Crippen LogP contribution in [0.15, 0.2) is 56.0 Å². The lowest BCUT2D eigenvalue weighted by Crippen LogP contribution is -2.07. The third-order valence-corrected chi connectivity index (χ3v) is 3.24. The zero-order valence-electron chi connectivity index (χ0n) is 9.19. The first-order valence-corrected chi connectivity index (χ1v) is 6.73. The number of benzene rings is 1. The van der Waals surface area contributed by atoms with Gasteiger partial charge in [-0.1, -0.05) is 12.1 Å². The third-order valence-electron chi connectivity index (χ3n) is 2.12. The van der Waals surface area contributed by atoms with Crippen LogP contribution in [0.1, 0.15) is 5.76 Å². The van der Waals surface area contributed by atoms with Crippen LogP contribution >= 0.6 is 31.9 Å². The fourth-order valence-corrected chi connectivity index (χ4v) is 2.02. The highest BCUT2D eigenvalue weighted by atomic mass is 79.9. The molecule has 3 nitrogen and oxygen atoms in total. The smallest absolute Gasteiger partial charge is 0.248 e. The van der Waals surface area contributed by atoms with Gasteiger partial charge in [0.15, 0.2) is 4.67 Å². The fourth-order valence-electron chi connectivity index (χ4n) is 1.31. The SMILES string of the molecule is O=C(/C=C/c1ccc(Br)o1)Nc1ccccc1Br. The number of nitrogens with one attached hydrogen (secondary N) is 1. The lowest BCUT2D eigenvalue weighted by atomic mass is 10.3. The monoisotopic (exact) mass is 369 g/mol. The number of anilines is 1. The molecule has 2 aromatic rings. The van der Waals surface area contributed by atoms with Crippen molar-refractivity contribution in [1.82, 2.24) is 0 Å². The summed E-state index contributed by atoms with van der Waals surface area (Å²) in [6, 6.07) is 11.0. The molecule has 0 aliphatic heterocycles. The van der Waals surface area contributed by atoms with Gasteiger partial charge in [0.2, 0.25) is 5.91 Å². The molecule has 92 valence electrons. The Morgan fingerprint density at radius 2 is 1.94 bits per heavy atom. The molecule has 0 fully saturated rings. The number of amides is 1. The predicted octanol–water partition coefficient (Wildman–Crippen LogP) is 4.46. The van der Waals surface area contributed by atoms with Crippen molar-refractivity contribution >= 4 is 49.5 Å². The van der Waals surface area contributed by atoms with Gasteiger partial charge in [-0.15, -0.1) is 0 Å². The second-order valence-corrected chi connectivity index (χ2v) is 5.08. The van der Waals surface area contributed by atoms with Gasteiger partial charge in [-0.2, -0.15) is 0 Å². The zero-order chi connectivity index (χ0) is 13.0. The summed E-state index contributed by atoms with van der Waals surface area (Å²) in [5, 5.41) is 2.76. The number of hydrogen-bond acceptors (Lipinski definition) is 2. The van der Waals surface area contributed by atoms with Crippen molar-refractivity contribution in [1.29, 1.82) is 0 Å². The molecule has 0 aliphatic carbocycles. The van der Waals surface area contributed by atoms with E-state index in [9.17, 15) is 4.79 Å². The van der Waals surface area contributed by atoms with E-state index in [2.05, 4.69) is 37.2 Å². The number of furan rings is 1. The Kier molecular flexibility index (Phi) is 4.38. The standard InChI is InChI=1S/C13H9Br2NO2/c14-10-3-1-2-4-11(10)16-13(17)8-6-9-5-7-12(15)18-9/h1-8H,(H,16,17)/b8-6+. The minimum Gasteiger partial charge on any atom is -0.450 e. The van der Waals surface area contributed by atoms with Crippen molar-refractivity contribution in [3.05, 3.63) is 57.4 Å². The van der Waals surface area contributed by atoms with Gasteiger partial charge in [-0.05, 0) is 62.2 Å². The predicted molar refractivity (Wildman–Crippen MR) is 78.2 cm³/mol. The van der Waals surface area contributed by atoms with Crippen LogP contribution in [-0.2, 0) is 4.79 Å². The van der Waals surface area contributed by atoms with Crippen LogP contribution in [-0.4, -0.2) is 5.91 Å². The van der Waals surface area contributed by atoms with Crippen LogP contribution in [0.4, 0.5) is 5.69 Å². The van der Waals surface area contributed by atoms with Gasteiger partial charge in [-0.25, -0.2) is 0 Å². The van der Waals surface area contributed by atoms with Crippen molar-refractivity contribution in [3.63, 3.8) is 0 Å². The normalized spacial score (nSPS) is 10.8. The molecule has 18 heavy (non-hydrogen) atoms. The second-order valence-electron chi connectivity index (χ2n) is 3.44. The molecule has 1 amide bonds. The average molecular weight is 371 g/mol. The Hall–Kier alpha value is -1.33. The van der Waals surface area contributed by atoms with Gasteiger partial charge in [0.25, 0.3) is 0 Å². The summed E-state index contributed by atoms with van der Waals surface area (Å²) >= 11 is 6.56. The number of hydrogen-bond donors (Lipinski definition) is 1. The van der Waals surface area contributed by atoms with Crippen LogP contribution in [0.5, 0.6) is 0 Å². The topological polar surface area (TPSA) is 42.2 Å². The van der Waals surface area contributed by atoms with Crippen molar-refractivity contribution in [3.8, 4) is 0 Å². The highest BCUT2D eigenvalue weighted by Gasteiger charge is 2.02. The third kappa shape index (κ3) is 3.58. The molecular weight excluding hydrogens is 362 g/mol. The van der Waals surface area contributed by atoms with E-state index in [1.807, 2.05) is 24.3 Å². The molecule has 5 heteroatoms. The quantitative estimate of drug-likeness (QED) is 0.810. The first kappa shape index (κ1) is 13.1. The molecule has 0 saturated carbocycles. The first-order chi connectivity index (χ1) is 8.65. The van der Waals surface area contributed by atoms with Crippen molar-refractivity contribution in [2.24, 2.45) is 0 Å². The van der Waals surface area contributed by atoms with Gasteiger partial charge in [0.05, 0.1) is 5.69 Å². The molecule has 0 atom stereocenters. The van der Waals surface area contributed by atoms with Crippen LogP contribution in [0.25, 0.3) is 6.08 Å². The minimum atomic E-state index is -0.213. The maximum Gasteiger partial charge on any atom is 0.248 e.